The van der Waals surface area contributed by atoms with Gasteiger partial charge in [-0.1, -0.05) is 19.8 Å². The minimum Gasteiger partial charge on any atom is -0.356 e. The van der Waals surface area contributed by atoms with Gasteiger partial charge in [0, 0.05) is 45.6 Å². The molecule has 3 rings (SSSR count). The van der Waals surface area contributed by atoms with Crippen molar-refractivity contribution < 1.29 is 0 Å². The van der Waals surface area contributed by atoms with E-state index in [4.69, 9.17) is 0 Å². The SMILES string of the molecule is CN=C(NCC(C)Cn1cccn1)N1CCC2(CCCC2)C1.I. The quantitative estimate of drug-likeness (QED) is 0.453. The van der Waals surface area contributed by atoms with Crippen LogP contribution in [0.5, 0.6) is 0 Å². The molecule has 6 heteroatoms. The normalized spacial score (nSPS) is 21.5. The topological polar surface area (TPSA) is 45.5 Å². The van der Waals surface area contributed by atoms with Crippen LogP contribution in [0.1, 0.15) is 39.0 Å². The van der Waals surface area contributed by atoms with E-state index in [0.29, 0.717) is 11.3 Å². The molecule has 1 saturated heterocycles. The maximum atomic E-state index is 4.50. The van der Waals surface area contributed by atoms with E-state index >= 15 is 0 Å². The molecular weight excluding hydrogens is 401 g/mol. The van der Waals surface area contributed by atoms with E-state index in [9.17, 15) is 0 Å². The molecule has 23 heavy (non-hydrogen) atoms. The second-order valence-electron chi connectivity index (χ2n) is 7.14. The van der Waals surface area contributed by atoms with Crippen LogP contribution in [0.4, 0.5) is 0 Å². The number of halogens is 1. The summed E-state index contributed by atoms with van der Waals surface area (Å²) in [6.45, 7) is 6.49. The van der Waals surface area contributed by atoms with Gasteiger partial charge in [-0.3, -0.25) is 9.67 Å². The lowest BCUT2D eigenvalue weighted by atomic mass is 9.86. The van der Waals surface area contributed by atoms with E-state index in [0.717, 1.165) is 25.6 Å². The Morgan fingerprint density at radius 1 is 1.35 bits per heavy atom. The predicted molar refractivity (Wildman–Crippen MR) is 105 cm³/mol. The van der Waals surface area contributed by atoms with Gasteiger partial charge in [-0.15, -0.1) is 24.0 Å². The number of aromatic nitrogens is 2. The fourth-order valence-corrected chi connectivity index (χ4v) is 4.04. The summed E-state index contributed by atoms with van der Waals surface area (Å²) < 4.78 is 2.00. The third-order valence-electron chi connectivity index (χ3n) is 5.28. The van der Waals surface area contributed by atoms with Gasteiger partial charge in [0.2, 0.25) is 0 Å². The van der Waals surface area contributed by atoms with Gasteiger partial charge >= 0.3 is 0 Å². The molecule has 2 heterocycles. The summed E-state index contributed by atoms with van der Waals surface area (Å²) in [6.07, 6.45) is 10.9. The van der Waals surface area contributed by atoms with Gasteiger partial charge in [-0.25, -0.2) is 0 Å². The summed E-state index contributed by atoms with van der Waals surface area (Å²) in [5.74, 6) is 1.61. The lowest BCUT2D eigenvalue weighted by Crippen LogP contribution is -2.43. The predicted octanol–water partition coefficient (Wildman–Crippen LogP) is 2.98. The fourth-order valence-electron chi connectivity index (χ4n) is 4.04. The van der Waals surface area contributed by atoms with Crippen molar-refractivity contribution in [1.82, 2.24) is 20.0 Å². The number of likely N-dealkylation sites (tertiary alicyclic amines) is 1. The minimum absolute atomic E-state index is 0. The van der Waals surface area contributed by atoms with Gasteiger partial charge in [0.15, 0.2) is 5.96 Å². The Hall–Kier alpha value is -0.790. The monoisotopic (exact) mass is 431 g/mol. The van der Waals surface area contributed by atoms with Crippen LogP contribution in [0.2, 0.25) is 0 Å². The Morgan fingerprint density at radius 3 is 2.78 bits per heavy atom. The van der Waals surface area contributed by atoms with Crippen LogP contribution in [0, 0.1) is 11.3 Å². The first kappa shape index (κ1) is 18.5. The van der Waals surface area contributed by atoms with Crippen molar-refractivity contribution in [2.75, 3.05) is 26.7 Å². The van der Waals surface area contributed by atoms with E-state index in [1.165, 1.54) is 38.6 Å². The first-order valence-electron chi connectivity index (χ1n) is 8.64. The van der Waals surface area contributed by atoms with Gasteiger partial charge in [-0.2, -0.15) is 5.10 Å². The molecule has 0 radical (unpaired) electrons. The molecule has 1 aliphatic carbocycles. The highest BCUT2D eigenvalue weighted by Gasteiger charge is 2.41. The highest BCUT2D eigenvalue weighted by atomic mass is 127. The molecule has 1 aromatic rings. The van der Waals surface area contributed by atoms with Crippen molar-refractivity contribution in [1.29, 1.82) is 0 Å². The maximum Gasteiger partial charge on any atom is 0.193 e. The molecular formula is C17H30IN5. The fraction of sp³-hybridized carbons (Fsp3) is 0.765. The van der Waals surface area contributed by atoms with E-state index < -0.39 is 0 Å². The van der Waals surface area contributed by atoms with Crippen LogP contribution in [0.25, 0.3) is 0 Å². The third kappa shape index (κ3) is 4.61. The van der Waals surface area contributed by atoms with Crippen LogP contribution in [-0.4, -0.2) is 47.3 Å². The van der Waals surface area contributed by atoms with Crippen LogP contribution < -0.4 is 5.32 Å². The molecule has 0 bridgehead atoms. The van der Waals surface area contributed by atoms with Crippen LogP contribution >= 0.6 is 24.0 Å². The zero-order valence-electron chi connectivity index (χ0n) is 14.4. The molecule has 1 N–H and O–H groups in total. The minimum atomic E-state index is 0. The number of hydrogen-bond acceptors (Lipinski definition) is 2. The summed E-state index contributed by atoms with van der Waals surface area (Å²) in [7, 11) is 1.90. The van der Waals surface area contributed by atoms with E-state index in [1.807, 2.05) is 30.2 Å². The van der Waals surface area contributed by atoms with Crippen molar-refractivity contribution in [3.63, 3.8) is 0 Å². The largest absolute Gasteiger partial charge is 0.356 e. The van der Waals surface area contributed by atoms with Gasteiger partial charge in [-0.05, 0) is 36.7 Å². The molecule has 1 spiro atoms. The second kappa shape index (κ2) is 8.35. The third-order valence-corrected chi connectivity index (χ3v) is 5.28. The number of nitrogens with one attached hydrogen (secondary N) is 1. The number of aliphatic imine (C=N–C) groups is 1. The number of guanidine groups is 1. The maximum absolute atomic E-state index is 4.50. The van der Waals surface area contributed by atoms with Gasteiger partial charge < -0.3 is 10.2 Å². The summed E-state index contributed by atoms with van der Waals surface area (Å²) in [4.78, 5) is 6.97. The van der Waals surface area contributed by atoms with Gasteiger partial charge in [0.25, 0.3) is 0 Å². The van der Waals surface area contributed by atoms with Crippen LogP contribution in [-0.2, 0) is 6.54 Å². The summed E-state index contributed by atoms with van der Waals surface area (Å²) >= 11 is 0. The average molecular weight is 431 g/mol. The molecule has 1 aromatic heterocycles. The van der Waals surface area contributed by atoms with E-state index in [2.05, 4.69) is 27.2 Å². The summed E-state index contributed by atoms with van der Waals surface area (Å²) in [5.41, 5.74) is 0.596. The molecule has 2 aliphatic rings. The van der Waals surface area contributed by atoms with Gasteiger partial charge in [0.1, 0.15) is 0 Å². The summed E-state index contributed by atoms with van der Waals surface area (Å²) in [6, 6.07) is 1.98. The molecule has 1 aliphatic heterocycles. The first-order chi connectivity index (χ1) is 10.7. The van der Waals surface area contributed by atoms with Crippen molar-refractivity contribution >= 4 is 29.9 Å². The molecule has 1 unspecified atom stereocenters. The molecule has 2 fully saturated rings. The highest BCUT2D eigenvalue weighted by molar-refractivity contribution is 14.0. The van der Waals surface area contributed by atoms with Crippen LogP contribution in [0.15, 0.2) is 23.5 Å². The van der Waals surface area contributed by atoms with Gasteiger partial charge in [0.05, 0.1) is 0 Å². The Labute approximate surface area is 156 Å². The van der Waals surface area contributed by atoms with Crippen molar-refractivity contribution in [2.24, 2.45) is 16.3 Å². The van der Waals surface area contributed by atoms with Crippen molar-refractivity contribution in [2.45, 2.75) is 45.6 Å². The van der Waals surface area contributed by atoms with Crippen molar-refractivity contribution in [3.8, 4) is 0 Å². The Balaban J connectivity index is 0.00000192. The molecule has 0 amide bonds. The lowest BCUT2D eigenvalue weighted by molar-refractivity contribution is 0.308. The van der Waals surface area contributed by atoms with Crippen molar-refractivity contribution in [3.05, 3.63) is 18.5 Å². The highest BCUT2D eigenvalue weighted by Crippen LogP contribution is 2.45. The lowest BCUT2D eigenvalue weighted by Gasteiger charge is -2.26. The Kier molecular flexibility index (Phi) is 6.73. The number of hydrogen-bond donors (Lipinski definition) is 1. The molecule has 0 aromatic carbocycles. The molecule has 1 atom stereocenters. The first-order valence-corrected chi connectivity index (χ1v) is 8.64. The molecule has 130 valence electrons. The van der Waals surface area contributed by atoms with Crippen LogP contribution in [0.3, 0.4) is 0 Å². The average Bonchev–Trinajstić information content (AvgIpc) is 3.24. The Bertz CT molecular complexity index is 493. The molecule has 1 saturated carbocycles. The number of nitrogens with zero attached hydrogens (tertiary/aromatic N) is 4. The standard InChI is InChI=1S/C17H29N5.HI/c1-15(13-22-10-5-9-20-22)12-19-16(18-2)21-11-8-17(14-21)6-3-4-7-17;/h5,9-10,15H,3-4,6-8,11-14H2,1-2H3,(H,18,19);1H. The zero-order chi connectivity index (χ0) is 15.4. The number of rotatable bonds is 4. The Morgan fingerprint density at radius 2 is 2.13 bits per heavy atom. The summed E-state index contributed by atoms with van der Waals surface area (Å²) in [5, 5.41) is 7.84. The second-order valence-corrected chi connectivity index (χ2v) is 7.14. The zero-order valence-corrected chi connectivity index (χ0v) is 16.7. The van der Waals surface area contributed by atoms with E-state index in [-0.39, 0.29) is 24.0 Å². The molecule has 5 nitrogen and oxygen atoms in total. The van der Waals surface area contributed by atoms with E-state index in [1.54, 1.807) is 0 Å². The smallest absolute Gasteiger partial charge is 0.193 e.